The first-order chi connectivity index (χ1) is 13.9. The molecule has 0 bridgehead atoms. The number of carbonyl (C=O) groups is 1. The molecule has 1 amide bonds. The molecule has 2 aromatic carbocycles. The quantitative estimate of drug-likeness (QED) is 0.537. The van der Waals surface area contributed by atoms with Crippen LogP contribution in [-0.2, 0) is 17.1 Å². The van der Waals surface area contributed by atoms with Gasteiger partial charge in [0.1, 0.15) is 0 Å². The SMILES string of the molecule is C=CCNS(=O)(=O)c1cccc(C(=O)Nc2ccc(Sc3nccn3C)cc2)c1. The number of benzene rings is 2. The fourth-order valence-electron chi connectivity index (χ4n) is 2.42. The van der Waals surface area contributed by atoms with E-state index in [-0.39, 0.29) is 17.0 Å². The van der Waals surface area contributed by atoms with Crippen molar-refractivity contribution in [2.45, 2.75) is 14.9 Å². The molecule has 0 radical (unpaired) electrons. The summed E-state index contributed by atoms with van der Waals surface area (Å²) in [5.41, 5.74) is 0.857. The molecule has 2 N–H and O–H groups in total. The lowest BCUT2D eigenvalue weighted by molar-refractivity contribution is 0.102. The number of aryl methyl sites for hydroxylation is 1. The number of amides is 1. The second kappa shape index (κ2) is 9.08. The smallest absolute Gasteiger partial charge is 0.255 e. The average molecular weight is 429 g/mol. The number of hydrogen-bond acceptors (Lipinski definition) is 5. The van der Waals surface area contributed by atoms with E-state index in [4.69, 9.17) is 0 Å². The summed E-state index contributed by atoms with van der Waals surface area (Å²) in [5.74, 6) is -0.393. The highest BCUT2D eigenvalue weighted by Gasteiger charge is 2.15. The number of hydrogen-bond donors (Lipinski definition) is 2. The third-order valence-electron chi connectivity index (χ3n) is 3.92. The van der Waals surface area contributed by atoms with Crippen LogP contribution in [0.5, 0.6) is 0 Å². The van der Waals surface area contributed by atoms with E-state index in [9.17, 15) is 13.2 Å². The number of carbonyl (C=O) groups excluding carboxylic acids is 1. The van der Waals surface area contributed by atoms with Gasteiger partial charge in [-0.25, -0.2) is 18.1 Å². The Morgan fingerprint density at radius 1 is 1.24 bits per heavy atom. The van der Waals surface area contributed by atoms with Gasteiger partial charge in [-0.05, 0) is 42.5 Å². The van der Waals surface area contributed by atoms with Gasteiger partial charge in [0.05, 0.1) is 4.90 Å². The highest BCUT2D eigenvalue weighted by molar-refractivity contribution is 7.99. The van der Waals surface area contributed by atoms with Crippen molar-refractivity contribution in [3.63, 3.8) is 0 Å². The Morgan fingerprint density at radius 3 is 2.66 bits per heavy atom. The molecule has 0 aliphatic rings. The molecular formula is C20H20N4O3S2. The summed E-state index contributed by atoms with van der Waals surface area (Å²) in [6.07, 6.45) is 5.06. The first kappa shape index (κ1) is 20.8. The van der Waals surface area contributed by atoms with Crippen LogP contribution < -0.4 is 10.0 Å². The zero-order valence-electron chi connectivity index (χ0n) is 15.7. The van der Waals surface area contributed by atoms with Gasteiger partial charge >= 0.3 is 0 Å². The summed E-state index contributed by atoms with van der Waals surface area (Å²) < 4.78 is 28.7. The van der Waals surface area contributed by atoms with Gasteiger partial charge in [-0.3, -0.25) is 4.79 Å². The van der Waals surface area contributed by atoms with Crippen molar-refractivity contribution in [3.05, 3.63) is 79.1 Å². The zero-order chi connectivity index (χ0) is 20.9. The van der Waals surface area contributed by atoms with Crippen molar-refractivity contribution in [1.29, 1.82) is 0 Å². The minimum Gasteiger partial charge on any atom is -0.329 e. The monoisotopic (exact) mass is 428 g/mol. The third-order valence-corrected chi connectivity index (χ3v) is 6.43. The summed E-state index contributed by atoms with van der Waals surface area (Å²) >= 11 is 1.51. The molecule has 3 rings (SSSR count). The highest BCUT2D eigenvalue weighted by atomic mass is 32.2. The van der Waals surface area contributed by atoms with Crippen molar-refractivity contribution >= 4 is 33.4 Å². The van der Waals surface area contributed by atoms with Crippen molar-refractivity contribution in [3.8, 4) is 0 Å². The second-order valence-electron chi connectivity index (χ2n) is 6.07. The van der Waals surface area contributed by atoms with Gasteiger partial charge in [0, 0.05) is 42.1 Å². The topological polar surface area (TPSA) is 93.1 Å². The predicted molar refractivity (Wildman–Crippen MR) is 114 cm³/mol. The molecule has 1 aromatic heterocycles. The van der Waals surface area contributed by atoms with E-state index >= 15 is 0 Å². The van der Waals surface area contributed by atoms with E-state index in [1.165, 1.54) is 36.0 Å². The molecule has 1 heterocycles. The van der Waals surface area contributed by atoms with Crippen LogP contribution in [0.1, 0.15) is 10.4 Å². The molecule has 29 heavy (non-hydrogen) atoms. The molecule has 0 spiro atoms. The van der Waals surface area contributed by atoms with Gasteiger partial charge in [0.15, 0.2) is 5.16 Å². The van der Waals surface area contributed by atoms with E-state index in [0.717, 1.165) is 10.1 Å². The Morgan fingerprint density at radius 2 is 2.00 bits per heavy atom. The summed E-state index contributed by atoms with van der Waals surface area (Å²) in [5, 5.41) is 3.64. The summed E-state index contributed by atoms with van der Waals surface area (Å²) in [6.45, 7) is 3.60. The first-order valence-electron chi connectivity index (χ1n) is 8.66. The average Bonchev–Trinajstić information content (AvgIpc) is 3.12. The minimum absolute atomic E-state index is 0.0221. The third kappa shape index (κ3) is 5.35. The van der Waals surface area contributed by atoms with Crippen LogP contribution >= 0.6 is 11.8 Å². The van der Waals surface area contributed by atoms with E-state index in [0.29, 0.717) is 5.69 Å². The minimum atomic E-state index is -3.70. The molecule has 0 unspecified atom stereocenters. The van der Waals surface area contributed by atoms with Crippen molar-refractivity contribution in [2.75, 3.05) is 11.9 Å². The van der Waals surface area contributed by atoms with Crippen LogP contribution in [0.15, 0.2) is 88.5 Å². The molecule has 7 nitrogen and oxygen atoms in total. The molecule has 3 aromatic rings. The van der Waals surface area contributed by atoms with E-state index in [1.807, 2.05) is 29.9 Å². The van der Waals surface area contributed by atoms with Crippen LogP contribution in [0, 0.1) is 0 Å². The van der Waals surface area contributed by atoms with Gasteiger partial charge in [-0.2, -0.15) is 0 Å². The van der Waals surface area contributed by atoms with Crippen LogP contribution in [0.25, 0.3) is 0 Å². The fraction of sp³-hybridized carbons (Fsp3) is 0.100. The Hall–Kier alpha value is -2.88. The maximum atomic E-state index is 12.5. The van der Waals surface area contributed by atoms with Crippen LogP contribution in [0.3, 0.4) is 0 Å². The Labute approximate surface area is 173 Å². The summed E-state index contributed by atoms with van der Waals surface area (Å²) in [6, 6.07) is 13.2. The Kier molecular flexibility index (Phi) is 6.53. The number of imidazole rings is 1. The van der Waals surface area contributed by atoms with Crippen molar-refractivity contribution in [1.82, 2.24) is 14.3 Å². The van der Waals surface area contributed by atoms with E-state index in [2.05, 4.69) is 21.6 Å². The Bertz CT molecular complexity index is 1120. The molecule has 0 atom stereocenters. The summed E-state index contributed by atoms with van der Waals surface area (Å²) in [7, 11) is -1.78. The van der Waals surface area contributed by atoms with Gasteiger partial charge in [-0.1, -0.05) is 23.9 Å². The molecule has 0 saturated heterocycles. The number of anilines is 1. The first-order valence-corrected chi connectivity index (χ1v) is 11.0. The normalized spacial score (nSPS) is 11.2. The molecule has 0 fully saturated rings. The van der Waals surface area contributed by atoms with Crippen LogP contribution in [0.2, 0.25) is 0 Å². The summed E-state index contributed by atoms with van der Waals surface area (Å²) in [4.78, 5) is 17.8. The lowest BCUT2D eigenvalue weighted by atomic mass is 10.2. The fourth-order valence-corrected chi connectivity index (χ4v) is 4.27. The molecule has 9 heteroatoms. The Balaban J connectivity index is 1.69. The molecule has 0 aliphatic heterocycles. The maximum Gasteiger partial charge on any atom is 0.255 e. The second-order valence-corrected chi connectivity index (χ2v) is 8.88. The highest BCUT2D eigenvalue weighted by Crippen LogP contribution is 2.27. The lowest BCUT2D eigenvalue weighted by Gasteiger charge is -2.09. The van der Waals surface area contributed by atoms with Crippen LogP contribution in [-0.4, -0.2) is 30.4 Å². The van der Waals surface area contributed by atoms with Gasteiger partial charge in [0.2, 0.25) is 10.0 Å². The predicted octanol–water partition coefficient (Wildman–Crippen LogP) is 3.29. The number of nitrogens with one attached hydrogen (secondary N) is 2. The zero-order valence-corrected chi connectivity index (χ0v) is 17.3. The molecule has 150 valence electrons. The van der Waals surface area contributed by atoms with Crippen LogP contribution in [0.4, 0.5) is 5.69 Å². The molecule has 0 aliphatic carbocycles. The molecule has 0 saturated carbocycles. The lowest BCUT2D eigenvalue weighted by Crippen LogP contribution is -2.24. The van der Waals surface area contributed by atoms with E-state index in [1.54, 1.807) is 24.4 Å². The van der Waals surface area contributed by atoms with Gasteiger partial charge in [0.25, 0.3) is 5.91 Å². The number of sulfonamides is 1. The van der Waals surface area contributed by atoms with Crippen molar-refractivity contribution in [2.24, 2.45) is 7.05 Å². The molecular weight excluding hydrogens is 408 g/mol. The van der Waals surface area contributed by atoms with Gasteiger partial charge in [-0.15, -0.1) is 6.58 Å². The standard InChI is InChI=1S/C20H20N4O3S2/c1-3-11-22-29(26,27)18-6-4-5-15(14-18)19(25)23-16-7-9-17(10-8-16)28-20-21-12-13-24(20)2/h3-10,12-14,22H,1,11H2,2H3,(H,23,25). The number of nitrogens with zero attached hydrogens (tertiary/aromatic N) is 2. The maximum absolute atomic E-state index is 12.5. The van der Waals surface area contributed by atoms with E-state index < -0.39 is 15.9 Å². The number of rotatable bonds is 8. The largest absolute Gasteiger partial charge is 0.329 e. The van der Waals surface area contributed by atoms with Gasteiger partial charge < -0.3 is 9.88 Å². The number of aromatic nitrogens is 2. The van der Waals surface area contributed by atoms with Crippen molar-refractivity contribution < 1.29 is 13.2 Å².